The molecule has 1 aromatic carbocycles. The highest BCUT2D eigenvalue weighted by Crippen LogP contribution is 2.32. The Morgan fingerprint density at radius 3 is 2.71 bits per heavy atom. The molecule has 3 rings (SSSR count). The zero-order chi connectivity index (χ0) is 14.9. The van der Waals surface area contributed by atoms with E-state index < -0.39 is 10.0 Å². The molecule has 2 heterocycles. The summed E-state index contributed by atoms with van der Waals surface area (Å²) in [5.74, 6) is 0.218. The number of benzene rings is 1. The quantitative estimate of drug-likeness (QED) is 0.873. The van der Waals surface area contributed by atoms with E-state index >= 15 is 0 Å². The molecule has 1 saturated heterocycles. The second kappa shape index (κ2) is 5.87. The van der Waals surface area contributed by atoms with Gasteiger partial charge in [-0.15, -0.1) is 11.3 Å². The van der Waals surface area contributed by atoms with E-state index in [1.54, 1.807) is 39.9 Å². The van der Waals surface area contributed by atoms with Gasteiger partial charge in [-0.2, -0.15) is 4.31 Å². The van der Waals surface area contributed by atoms with Crippen LogP contribution in [0.5, 0.6) is 0 Å². The maximum absolute atomic E-state index is 12.7. The molecule has 21 heavy (non-hydrogen) atoms. The fourth-order valence-corrected chi connectivity index (χ4v) is 5.11. The highest BCUT2D eigenvalue weighted by molar-refractivity contribution is 7.89. The number of nitrogens with zero attached hydrogens (tertiary/aromatic N) is 2. The van der Waals surface area contributed by atoms with Crippen molar-refractivity contribution in [1.29, 1.82) is 0 Å². The molecule has 112 valence electrons. The third-order valence-corrected chi connectivity index (χ3v) is 6.71. The number of hydrogen-bond acceptors (Lipinski definition) is 4. The monoisotopic (exact) mass is 322 g/mol. The van der Waals surface area contributed by atoms with Crippen LogP contribution in [-0.4, -0.2) is 30.8 Å². The molecule has 1 unspecified atom stereocenters. The summed E-state index contributed by atoms with van der Waals surface area (Å²) in [6.45, 7) is 3.16. The lowest BCUT2D eigenvalue weighted by atomic mass is 10.0. The molecule has 1 atom stereocenters. The Balaban J connectivity index is 1.83. The Kier molecular flexibility index (Phi) is 4.10. The summed E-state index contributed by atoms with van der Waals surface area (Å²) in [4.78, 5) is 5.98. The number of rotatable bonds is 3. The molecule has 1 aromatic heterocycles. The van der Waals surface area contributed by atoms with Gasteiger partial charge in [0.1, 0.15) is 0 Å². The largest absolute Gasteiger partial charge is 0.249 e. The van der Waals surface area contributed by atoms with Crippen molar-refractivity contribution in [3.63, 3.8) is 0 Å². The molecular weight excluding hydrogens is 304 g/mol. The van der Waals surface area contributed by atoms with Gasteiger partial charge in [-0.1, -0.05) is 18.2 Å². The van der Waals surface area contributed by atoms with Gasteiger partial charge in [0.2, 0.25) is 10.0 Å². The maximum Gasteiger partial charge on any atom is 0.243 e. The van der Waals surface area contributed by atoms with Crippen LogP contribution in [0.1, 0.15) is 28.6 Å². The minimum atomic E-state index is -3.39. The lowest BCUT2D eigenvalue weighted by molar-refractivity contribution is 0.315. The first-order chi connectivity index (χ1) is 10.1. The van der Waals surface area contributed by atoms with Gasteiger partial charge in [0.15, 0.2) is 0 Å². The first kappa shape index (κ1) is 14.7. The summed E-state index contributed by atoms with van der Waals surface area (Å²) < 4.78 is 27.0. The fraction of sp³-hybridized carbons (Fsp3) is 0.400. The predicted octanol–water partition coefficient (Wildman–Crippen LogP) is 3.02. The van der Waals surface area contributed by atoms with E-state index in [-0.39, 0.29) is 5.92 Å². The summed E-state index contributed by atoms with van der Waals surface area (Å²) in [5.41, 5.74) is 0. The first-order valence-electron chi connectivity index (χ1n) is 7.05. The van der Waals surface area contributed by atoms with Gasteiger partial charge in [0.25, 0.3) is 0 Å². The van der Waals surface area contributed by atoms with E-state index in [2.05, 4.69) is 4.98 Å². The lowest BCUT2D eigenvalue weighted by Gasteiger charge is -2.30. The van der Waals surface area contributed by atoms with E-state index in [1.165, 1.54) is 4.88 Å². The Hall–Kier alpha value is -1.24. The van der Waals surface area contributed by atoms with Gasteiger partial charge in [-0.05, 0) is 31.9 Å². The molecular formula is C15H18N2O2S2. The van der Waals surface area contributed by atoms with Crippen molar-refractivity contribution in [1.82, 2.24) is 9.29 Å². The zero-order valence-corrected chi connectivity index (χ0v) is 13.5. The molecule has 4 nitrogen and oxygen atoms in total. The van der Waals surface area contributed by atoms with Crippen LogP contribution in [0.15, 0.2) is 41.4 Å². The van der Waals surface area contributed by atoms with E-state index in [4.69, 9.17) is 0 Å². The number of aromatic nitrogens is 1. The molecule has 0 aliphatic carbocycles. The van der Waals surface area contributed by atoms with Gasteiger partial charge in [-0.25, -0.2) is 13.4 Å². The Bertz CT molecular complexity index is 710. The topological polar surface area (TPSA) is 50.3 Å². The lowest BCUT2D eigenvalue weighted by Crippen LogP contribution is -2.39. The summed E-state index contributed by atoms with van der Waals surface area (Å²) in [6, 6.07) is 8.67. The minimum absolute atomic E-state index is 0.218. The van der Waals surface area contributed by atoms with Gasteiger partial charge >= 0.3 is 0 Å². The van der Waals surface area contributed by atoms with Crippen molar-refractivity contribution in [2.75, 3.05) is 13.1 Å². The zero-order valence-electron chi connectivity index (χ0n) is 11.9. The molecule has 0 amide bonds. The molecule has 0 bridgehead atoms. The van der Waals surface area contributed by atoms with Crippen molar-refractivity contribution in [3.8, 4) is 0 Å². The molecule has 2 aromatic rings. The molecule has 6 heteroatoms. The first-order valence-corrected chi connectivity index (χ1v) is 9.30. The smallest absolute Gasteiger partial charge is 0.243 e. The van der Waals surface area contributed by atoms with Crippen LogP contribution < -0.4 is 0 Å². The Morgan fingerprint density at radius 2 is 2.05 bits per heavy atom. The molecule has 0 N–H and O–H groups in total. The van der Waals surface area contributed by atoms with Crippen LogP contribution in [0, 0.1) is 6.92 Å². The van der Waals surface area contributed by atoms with Gasteiger partial charge in [0, 0.05) is 30.1 Å². The second-order valence-corrected chi connectivity index (χ2v) is 8.53. The molecule has 1 aliphatic heterocycles. The average Bonchev–Trinajstić information content (AvgIpc) is 2.95. The molecule has 0 radical (unpaired) electrons. The van der Waals surface area contributed by atoms with E-state index in [9.17, 15) is 8.42 Å². The molecule has 0 saturated carbocycles. The number of hydrogen-bond donors (Lipinski definition) is 0. The van der Waals surface area contributed by atoms with Crippen LogP contribution in [0.4, 0.5) is 0 Å². The average molecular weight is 322 g/mol. The Labute approximate surface area is 129 Å². The number of sulfonamides is 1. The Morgan fingerprint density at radius 1 is 1.29 bits per heavy atom. The minimum Gasteiger partial charge on any atom is -0.249 e. The fourth-order valence-electron chi connectivity index (χ4n) is 2.66. The van der Waals surface area contributed by atoms with Crippen molar-refractivity contribution in [2.24, 2.45) is 0 Å². The molecule has 1 fully saturated rings. The van der Waals surface area contributed by atoms with Crippen molar-refractivity contribution in [3.05, 3.63) is 46.4 Å². The van der Waals surface area contributed by atoms with E-state index in [1.807, 2.05) is 19.2 Å². The summed E-state index contributed by atoms with van der Waals surface area (Å²) in [7, 11) is -3.39. The highest BCUT2D eigenvalue weighted by atomic mass is 32.2. The van der Waals surface area contributed by atoms with Crippen molar-refractivity contribution in [2.45, 2.75) is 30.6 Å². The standard InChI is InChI=1S/C15H18N2O2S2/c1-12-10-16-15(20-12)13-6-5-9-17(11-13)21(18,19)14-7-3-2-4-8-14/h2-4,7-8,10,13H,5-6,9,11H2,1H3. The van der Waals surface area contributed by atoms with Crippen LogP contribution in [-0.2, 0) is 10.0 Å². The third-order valence-electron chi connectivity index (χ3n) is 3.75. The maximum atomic E-state index is 12.7. The predicted molar refractivity (Wildman–Crippen MR) is 84.0 cm³/mol. The van der Waals surface area contributed by atoms with Crippen molar-refractivity contribution >= 4 is 21.4 Å². The highest BCUT2D eigenvalue weighted by Gasteiger charge is 2.31. The second-order valence-electron chi connectivity index (χ2n) is 5.32. The van der Waals surface area contributed by atoms with E-state index in [0.29, 0.717) is 18.0 Å². The summed E-state index contributed by atoms with van der Waals surface area (Å²) in [6.07, 6.45) is 3.76. The molecule has 0 spiro atoms. The van der Waals surface area contributed by atoms with Crippen molar-refractivity contribution < 1.29 is 8.42 Å². The van der Waals surface area contributed by atoms with Crippen LogP contribution in [0.3, 0.4) is 0 Å². The number of aryl methyl sites for hydroxylation is 1. The summed E-state index contributed by atoms with van der Waals surface area (Å²) in [5, 5.41) is 1.06. The van der Waals surface area contributed by atoms with Crippen LogP contribution in [0.25, 0.3) is 0 Å². The van der Waals surface area contributed by atoms with Gasteiger partial charge < -0.3 is 0 Å². The molecule has 1 aliphatic rings. The van der Waals surface area contributed by atoms with Crippen LogP contribution >= 0.6 is 11.3 Å². The van der Waals surface area contributed by atoms with Gasteiger partial charge in [-0.3, -0.25) is 0 Å². The third kappa shape index (κ3) is 3.02. The van der Waals surface area contributed by atoms with Crippen LogP contribution in [0.2, 0.25) is 0 Å². The number of thiazole rings is 1. The summed E-state index contributed by atoms with van der Waals surface area (Å²) >= 11 is 1.67. The van der Waals surface area contributed by atoms with E-state index in [0.717, 1.165) is 17.8 Å². The normalized spacial score (nSPS) is 20.5. The number of piperidine rings is 1. The van der Waals surface area contributed by atoms with Gasteiger partial charge in [0.05, 0.1) is 9.90 Å². The SMILES string of the molecule is Cc1cnc(C2CCCN(S(=O)(=O)c3ccccc3)C2)s1.